The van der Waals surface area contributed by atoms with E-state index in [4.69, 9.17) is 11.6 Å². The lowest BCUT2D eigenvalue weighted by Crippen LogP contribution is -2.44. The molecule has 0 N–H and O–H groups in total. The number of hydrogen-bond donors (Lipinski definition) is 0. The first-order valence-electron chi connectivity index (χ1n) is 9.97. The molecule has 1 aliphatic heterocycles. The number of sulfonamides is 1. The Kier molecular flexibility index (Phi) is 6.49. The summed E-state index contributed by atoms with van der Waals surface area (Å²) in [6.07, 6.45) is 6.07. The van der Waals surface area contributed by atoms with Gasteiger partial charge in [-0.2, -0.15) is 4.31 Å². The maximum Gasteiger partial charge on any atom is 0.253 e. The van der Waals surface area contributed by atoms with Crippen molar-refractivity contribution in [3.05, 3.63) is 28.8 Å². The first-order valence-corrected chi connectivity index (χ1v) is 11.8. The van der Waals surface area contributed by atoms with Gasteiger partial charge in [0.2, 0.25) is 10.0 Å². The van der Waals surface area contributed by atoms with E-state index in [-0.39, 0.29) is 15.8 Å². The van der Waals surface area contributed by atoms with E-state index in [9.17, 15) is 13.2 Å². The van der Waals surface area contributed by atoms with Crippen molar-refractivity contribution >= 4 is 27.5 Å². The largest absolute Gasteiger partial charge is 0.338 e. The maximum absolute atomic E-state index is 13.0. The lowest BCUT2D eigenvalue weighted by atomic mass is 9.75. The number of fused-ring (bicyclic) bond motifs is 1. The number of hydrogen-bond acceptors (Lipinski definition) is 3. The van der Waals surface area contributed by atoms with Crippen molar-refractivity contribution in [2.45, 2.75) is 50.8 Å². The molecule has 3 rings (SSSR count). The molecule has 0 bridgehead atoms. The molecule has 150 valence electrons. The summed E-state index contributed by atoms with van der Waals surface area (Å²) in [6.45, 7) is 5.84. The molecular weight excluding hydrogens is 384 g/mol. The zero-order chi connectivity index (χ0) is 19.6. The third kappa shape index (κ3) is 4.17. The quantitative estimate of drug-likeness (QED) is 0.733. The van der Waals surface area contributed by atoms with Gasteiger partial charge < -0.3 is 4.90 Å². The van der Waals surface area contributed by atoms with Gasteiger partial charge in [-0.3, -0.25) is 4.79 Å². The molecule has 1 saturated heterocycles. The topological polar surface area (TPSA) is 57.7 Å². The van der Waals surface area contributed by atoms with E-state index >= 15 is 0 Å². The van der Waals surface area contributed by atoms with Gasteiger partial charge in [0, 0.05) is 31.7 Å². The van der Waals surface area contributed by atoms with Crippen LogP contribution in [-0.2, 0) is 10.0 Å². The van der Waals surface area contributed by atoms with Crippen molar-refractivity contribution in [3.63, 3.8) is 0 Å². The summed E-state index contributed by atoms with van der Waals surface area (Å²) < 4.78 is 27.1. The van der Waals surface area contributed by atoms with Crippen molar-refractivity contribution in [2.75, 3.05) is 26.2 Å². The SMILES string of the molecule is CCN(CC)S(=O)(=O)c1cc(C(=O)N2CC[C@H]3CCCC[C@H]3C2)ccc1Cl. The highest BCUT2D eigenvalue weighted by molar-refractivity contribution is 7.89. The molecular formula is C20H29ClN2O3S. The number of likely N-dealkylation sites (tertiary alicyclic amines) is 1. The smallest absolute Gasteiger partial charge is 0.253 e. The Balaban J connectivity index is 1.84. The number of carbonyl (C=O) groups excluding carboxylic acids is 1. The van der Waals surface area contributed by atoms with Gasteiger partial charge in [-0.25, -0.2) is 8.42 Å². The van der Waals surface area contributed by atoms with E-state index in [0.29, 0.717) is 24.6 Å². The Morgan fingerprint density at radius 2 is 1.81 bits per heavy atom. The number of piperidine rings is 1. The third-order valence-electron chi connectivity index (χ3n) is 6.08. The molecule has 1 heterocycles. The number of rotatable bonds is 5. The van der Waals surface area contributed by atoms with Gasteiger partial charge in [-0.15, -0.1) is 0 Å². The Labute approximate surface area is 167 Å². The van der Waals surface area contributed by atoms with Crippen LogP contribution in [0.25, 0.3) is 0 Å². The molecule has 1 aromatic rings. The molecule has 1 aliphatic carbocycles. The second-order valence-electron chi connectivity index (χ2n) is 7.58. The lowest BCUT2D eigenvalue weighted by molar-refractivity contribution is 0.0520. The third-order valence-corrected chi connectivity index (χ3v) is 8.61. The molecule has 5 nitrogen and oxygen atoms in total. The van der Waals surface area contributed by atoms with Gasteiger partial charge in [0.15, 0.2) is 0 Å². The maximum atomic E-state index is 13.0. The fraction of sp³-hybridized carbons (Fsp3) is 0.650. The van der Waals surface area contributed by atoms with E-state index < -0.39 is 10.0 Å². The molecule has 0 spiro atoms. The Morgan fingerprint density at radius 3 is 2.48 bits per heavy atom. The summed E-state index contributed by atoms with van der Waals surface area (Å²) in [4.78, 5) is 15.0. The molecule has 2 fully saturated rings. The van der Waals surface area contributed by atoms with Crippen molar-refractivity contribution in [2.24, 2.45) is 11.8 Å². The number of halogens is 1. The zero-order valence-electron chi connectivity index (χ0n) is 16.2. The number of benzene rings is 1. The minimum absolute atomic E-state index is 0.0197. The Bertz CT molecular complexity index is 792. The molecule has 1 aromatic carbocycles. The van der Waals surface area contributed by atoms with Crippen LogP contribution >= 0.6 is 11.6 Å². The molecule has 2 atom stereocenters. The number of nitrogens with zero attached hydrogens (tertiary/aromatic N) is 2. The Hall–Kier alpha value is -1.11. The molecule has 1 saturated carbocycles. The standard InChI is InChI=1S/C20H29ClN2O3S/c1-3-23(4-2)27(25,26)19-13-16(9-10-18(19)21)20(24)22-12-11-15-7-5-6-8-17(15)14-22/h9-10,13,15,17H,3-8,11-12,14H2,1-2H3/t15-,17+/m1/s1. The predicted octanol–water partition coefficient (Wildman–Crippen LogP) is 4.02. The summed E-state index contributed by atoms with van der Waals surface area (Å²) in [5.74, 6) is 1.24. The van der Waals surface area contributed by atoms with Crippen LogP contribution in [0.15, 0.2) is 23.1 Å². The monoisotopic (exact) mass is 412 g/mol. The summed E-state index contributed by atoms with van der Waals surface area (Å²) in [5, 5.41) is 0.157. The first-order chi connectivity index (χ1) is 12.9. The van der Waals surface area contributed by atoms with E-state index in [2.05, 4.69) is 0 Å². The van der Waals surface area contributed by atoms with Gasteiger partial charge in [0.1, 0.15) is 4.90 Å². The van der Waals surface area contributed by atoms with Crippen LogP contribution in [0.2, 0.25) is 5.02 Å². The molecule has 0 aromatic heterocycles. The molecule has 7 heteroatoms. The molecule has 0 radical (unpaired) electrons. The summed E-state index contributed by atoms with van der Waals surface area (Å²) >= 11 is 6.19. The first kappa shape index (κ1) is 20.6. The van der Waals surface area contributed by atoms with Crippen LogP contribution in [0, 0.1) is 11.8 Å². The number of carbonyl (C=O) groups is 1. The molecule has 27 heavy (non-hydrogen) atoms. The van der Waals surface area contributed by atoms with Gasteiger partial charge in [-0.1, -0.05) is 44.7 Å². The van der Waals surface area contributed by atoms with E-state index in [1.54, 1.807) is 19.9 Å². The lowest BCUT2D eigenvalue weighted by Gasteiger charge is -2.41. The van der Waals surface area contributed by atoms with Crippen LogP contribution < -0.4 is 0 Å². The number of amides is 1. The van der Waals surface area contributed by atoms with Gasteiger partial charge in [0.25, 0.3) is 5.91 Å². The summed E-state index contributed by atoms with van der Waals surface area (Å²) in [5.41, 5.74) is 0.402. The normalized spacial score (nSPS) is 23.3. The minimum Gasteiger partial charge on any atom is -0.338 e. The minimum atomic E-state index is -3.71. The van der Waals surface area contributed by atoms with Gasteiger partial charge in [0.05, 0.1) is 5.02 Å². The molecule has 2 aliphatic rings. The van der Waals surface area contributed by atoms with E-state index in [1.807, 2.05) is 4.90 Å². The van der Waals surface area contributed by atoms with Crippen LogP contribution in [0.1, 0.15) is 56.3 Å². The second-order valence-corrected chi connectivity index (χ2v) is 9.89. The highest BCUT2D eigenvalue weighted by Gasteiger charge is 2.34. The molecule has 1 amide bonds. The van der Waals surface area contributed by atoms with Crippen molar-refractivity contribution in [3.8, 4) is 0 Å². The van der Waals surface area contributed by atoms with Crippen LogP contribution in [0.4, 0.5) is 0 Å². The Morgan fingerprint density at radius 1 is 1.15 bits per heavy atom. The zero-order valence-corrected chi connectivity index (χ0v) is 17.7. The summed E-state index contributed by atoms with van der Waals surface area (Å²) in [6, 6.07) is 4.61. The van der Waals surface area contributed by atoms with Crippen molar-refractivity contribution in [1.82, 2.24) is 9.21 Å². The fourth-order valence-corrected chi connectivity index (χ4v) is 6.46. The average Bonchev–Trinajstić information content (AvgIpc) is 2.68. The summed E-state index contributed by atoms with van der Waals surface area (Å²) in [7, 11) is -3.71. The average molecular weight is 413 g/mol. The van der Waals surface area contributed by atoms with E-state index in [0.717, 1.165) is 25.4 Å². The van der Waals surface area contributed by atoms with Crippen LogP contribution in [0.3, 0.4) is 0 Å². The van der Waals surface area contributed by atoms with Crippen LogP contribution in [0.5, 0.6) is 0 Å². The van der Waals surface area contributed by atoms with Gasteiger partial charge in [-0.05, 0) is 42.9 Å². The highest BCUT2D eigenvalue weighted by atomic mass is 35.5. The van der Waals surface area contributed by atoms with Gasteiger partial charge >= 0.3 is 0 Å². The highest BCUT2D eigenvalue weighted by Crippen LogP contribution is 2.36. The molecule has 0 unspecified atom stereocenters. The van der Waals surface area contributed by atoms with Crippen molar-refractivity contribution in [1.29, 1.82) is 0 Å². The van der Waals surface area contributed by atoms with Crippen LogP contribution in [-0.4, -0.2) is 49.7 Å². The second kappa shape index (κ2) is 8.50. The van der Waals surface area contributed by atoms with Crippen molar-refractivity contribution < 1.29 is 13.2 Å². The fourth-order valence-electron chi connectivity index (χ4n) is 4.50. The van der Waals surface area contributed by atoms with E-state index in [1.165, 1.54) is 42.1 Å². The predicted molar refractivity (Wildman–Crippen MR) is 108 cm³/mol.